The van der Waals surface area contributed by atoms with E-state index in [1.807, 2.05) is 19.1 Å². The van der Waals surface area contributed by atoms with E-state index in [1.54, 1.807) is 0 Å². The molecule has 0 saturated carbocycles. The molecule has 0 aliphatic carbocycles. The molecular formula is C13H20ClNO2. The van der Waals surface area contributed by atoms with E-state index in [0.717, 1.165) is 5.56 Å². The Labute approximate surface area is 108 Å². The molecule has 2 N–H and O–H groups in total. The normalized spacial score (nSPS) is 10.7. The van der Waals surface area contributed by atoms with Crippen LogP contribution in [0.1, 0.15) is 26.3 Å². The Hall–Kier alpha value is -0.930. The van der Waals surface area contributed by atoms with Gasteiger partial charge in [0.1, 0.15) is 0 Å². The van der Waals surface area contributed by atoms with Crippen LogP contribution in [-0.4, -0.2) is 13.2 Å². The maximum absolute atomic E-state index is 6.17. The van der Waals surface area contributed by atoms with Gasteiger partial charge in [-0.3, -0.25) is 0 Å². The Balaban J connectivity index is 2.98. The summed E-state index contributed by atoms with van der Waals surface area (Å²) in [7, 11) is 0. The lowest BCUT2D eigenvalue weighted by Gasteiger charge is -2.16. The predicted molar refractivity (Wildman–Crippen MR) is 70.8 cm³/mol. The highest BCUT2D eigenvalue weighted by Gasteiger charge is 2.12. The molecule has 0 heterocycles. The Bertz CT molecular complexity index is 367. The largest absolute Gasteiger partial charge is 0.490 e. The van der Waals surface area contributed by atoms with Gasteiger partial charge in [0.05, 0.1) is 18.2 Å². The quantitative estimate of drug-likeness (QED) is 0.851. The van der Waals surface area contributed by atoms with Crippen LogP contribution in [0.2, 0.25) is 5.02 Å². The summed E-state index contributed by atoms with van der Waals surface area (Å²) >= 11 is 6.17. The summed E-state index contributed by atoms with van der Waals surface area (Å²) in [6.45, 7) is 7.72. The van der Waals surface area contributed by atoms with Gasteiger partial charge in [-0.15, -0.1) is 0 Å². The van der Waals surface area contributed by atoms with Crippen molar-refractivity contribution in [1.29, 1.82) is 0 Å². The molecule has 0 aromatic heterocycles. The minimum absolute atomic E-state index is 0.435. The number of ether oxygens (including phenoxy) is 2. The minimum Gasteiger partial charge on any atom is -0.490 e. The van der Waals surface area contributed by atoms with Gasteiger partial charge in [-0.1, -0.05) is 25.4 Å². The zero-order valence-electron chi connectivity index (χ0n) is 10.6. The van der Waals surface area contributed by atoms with Crippen LogP contribution < -0.4 is 15.2 Å². The molecule has 0 radical (unpaired) electrons. The third-order valence-electron chi connectivity index (χ3n) is 2.17. The summed E-state index contributed by atoms with van der Waals surface area (Å²) in [4.78, 5) is 0. The first kappa shape index (κ1) is 14.1. The molecule has 1 rings (SSSR count). The zero-order valence-corrected chi connectivity index (χ0v) is 11.4. The minimum atomic E-state index is 0.435. The predicted octanol–water partition coefficient (Wildman–Crippen LogP) is 3.23. The summed E-state index contributed by atoms with van der Waals surface area (Å²) < 4.78 is 11.2. The van der Waals surface area contributed by atoms with Crippen molar-refractivity contribution in [1.82, 2.24) is 0 Å². The van der Waals surface area contributed by atoms with Crippen LogP contribution in [0, 0.1) is 5.92 Å². The summed E-state index contributed by atoms with van der Waals surface area (Å²) in [5.41, 5.74) is 6.54. The molecule has 0 aliphatic rings. The van der Waals surface area contributed by atoms with E-state index in [2.05, 4.69) is 13.8 Å². The lowest BCUT2D eigenvalue weighted by atomic mass is 10.2. The Kier molecular flexibility index (Phi) is 5.59. The van der Waals surface area contributed by atoms with Gasteiger partial charge in [0.2, 0.25) is 0 Å². The highest BCUT2D eigenvalue weighted by Crippen LogP contribution is 2.36. The molecule has 0 atom stereocenters. The van der Waals surface area contributed by atoms with Gasteiger partial charge >= 0.3 is 0 Å². The second-order valence-electron chi connectivity index (χ2n) is 4.25. The number of rotatable bonds is 6. The fourth-order valence-corrected chi connectivity index (χ4v) is 1.68. The topological polar surface area (TPSA) is 44.5 Å². The fraction of sp³-hybridized carbons (Fsp3) is 0.538. The van der Waals surface area contributed by atoms with Gasteiger partial charge < -0.3 is 15.2 Å². The second-order valence-corrected chi connectivity index (χ2v) is 4.65. The first-order chi connectivity index (χ1) is 8.08. The lowest BCUT2D eigenvalue weighted by molar-refractivity contribution is 0.248. The molecule has 17 heavy (non-hydrogen) atoms. The standard InChI is InChI=1S/C13H20ClNO2/c1-4-16-12-6-10(7-15)5-11(14)13(12)17-8-9(2)3/h5-6,9H,4,7-8,15H2,1-3H3. The van der Waals surface area contributed by atoms with Crippen LogP contribution >= 0.6 is 11.6 Å². The molecular weight excluding hydrogens is 238 g/mol. The first-order valence-corrected chi connectivity index (χ1v) is 6.24. The molecule has 0 bridgehead atoms. The maximum atomic E-state index is 6.17. The Morgan fingerprint density at radius 1 is 1.29 bits per heavy atom. The molecule has 0 unspecified atom stereocenters. The van der Waals surface area contributed by atoms with Crippen LogP contribution in [0.5, 0.6) is 11.5 Å². The van der Waals surface area contributed by atoms with Gasteiger partial charge in [-0.2, -0.15) is 0 Å². The van der Waals surface area contributed by atoms with Crippen LogP contribution in [0.3, 0.4) is 0 Å². The molecule has 3 nitrogen and oxygen atoms in total. The van der Waals surface area contributed by atoms with E-state index in [-0.39, 0.29) is 0 Å². The van der Waals surface area contributed by atoms with Crippen molar-refractivity contribution < 1.29 is 9.47 Å². The first-order valence-electron chi connectivity index (χ1n) is 5.86. The molecule has 96 valence electrons. The van der Waals surface area contributed by atoms with E-state index in [4.69, 9.17) is 26.8 Å². The average Bonchev–Trinajstić information content (AvgIpc) is 2.27. The number of hydrogen-bond acceptors (Lipinski definition) is 3. The van der Waals surface area contributed by atoms with Crippen molar-refractivity contribution in [3.8, 4) is 11.5 Å². The van der Waals surface area contributed by atoms with E-state index in [1.165, 1.54) is 0 Å². The number of benzene rings is 1. The van der Waals surface area contributed by atoms with Crippen molar-refractivity contribution in [3.05, 3.63) is 22.7 Å². The van der Waals surface area contributed by atoms with E-state index < -0.39 is 0 Å². The van der Waals surface area contributed by atoms with Crippen LogP contribution in [-0.2, 0) is 6.54 Å². The van der Waals surface area contributed by atoms with Crippen molar-refractivity contribution in [2.75, 3.05) is 13.2 Å². The number of nitrogens with two attached hydrogens (primary N) is 1. The monoisotopic (exact) mass is 257 g/mol. The van der Waals surface area contributed by atoms with Crippen molar-refractivity contribution in [3.63, 3.8) is 0 Å². The Morgan fingerprint density at radius 3 is 2.53 bits per heavy atom. The number of hydrogen-bond donors (Lipinski definition) is 1. The fourth-order valence-electron chi connectivity index (χ4n) is 1.39. The number of halogens is 1. The van der Waals surface area contributed by atoms with Crippen LogP contribution in [0.25, 0.3) is 0 Å². The highest BCUT2D eigenvalue weighted by atomic mass is 35.5. The molecule has 4 heteroatoms. The van der Waals surface area contributed by atoms with Gasteiger partial charge in [-0.25, -0.2) is 0 Å². The Morgan fingerprint density at radius 2 is 2.00 bits per heavy atom. The van der Waals surface area contributed by atoms with E-state index in [9.17, 15) is 0 Å². The zero-order chi connectivity index (χ0) is 12.8. The average molecular weight is 258 g/mol. The molecule has 1 aromatic carbocycles. The summed E-state index contributed by atoms with van der Waals surface area (Å²) in [5.74, 6) is 1.72. The molecule has 1 aromatic rings. The maximum Gasteiger partial charge on any atom is 0.179 e. The van der Waals surface area contributed by atoms with Gasteiger partial charge in [-0.05, 0) is 30.5 Å². The van der Waals surface area contributed by atoms with Crippen molar-refractivity contribution >= 4 is 11.6 Å². The van der Waals surface area contributed by atoms with Crippen LogP contribution in [0.4, 0.5) is 0 Å². The van der Waals surface area contributed by atoms with Crippen LogP contribution in [0.15, 0.2) is 12.1 Å². The highest BCUT2D eigenvalue weighted by molar-refractivity contribution is 6.32. The van der Waals surface area contributed by atoms with E-state index >= 15 is 0 Å². The molecule has 0 fully saturated rings. The lowest BCUT2D eigenvalue weighted by Crippen LogP contribution is -2.07. The van der Waals surface area contributed by atoms with Gasteiger partial charge in [0.25, 0.3) is 0 Å². The third kappa shape index (κ3) is 4.10. The molecule has 0 spiro atoms. The molecule has 0 aliphatic heterocycles. The molecule has 0 amide bonds. The third-order valence-corrected chi connectivity index (χ3v) is 2.45. The molecule has 0 saturated heterocycles. The second kappa shape index (κ2) is 6.72. The van der Waals surface area contributed by atoms with Gasteiger partial charge in [0, 0.05) is 6.54 Å². The van der Waals surface area contributed by atoms with Gasteiger partial charge in [0.15, 0.2) is 11.5 Å². The van der Waals surface area contributed by atoms with Crippen molar-refractivity contribution in [2.24, 2.45) is 11.7 Å². The van der Waals surface area contributed by atoms with Crippen molar-refractivity contribution in [2.45, 2.75) is 27.3 Å². The summed E-state index contributed by atoms with van der Waals surface area (Å²) in [6, 6.07) is 3.70. The summed E-state index contributed by atoms with van der Waals surface area (Å²) in [5, 5.41) is 0.553. The van der Waals surface area contributed by atoms with E-state index in [0.29, 0.717) is 42.2 Å². The SMILES string of the molecule is CCOc1cc(CN)cc(Cl)c1OCC(C)C. The smallest absolute Gasteiger partial charge is 0.179 e. The summed E-state index contributed by atoms with van der Waals surface area (Å²) in [6.07, 6.45) is 0.